The Hall–Kier alpha value is -3.08. The largest absolute Gasteiger partial charge is 0.445 e. The van der Waals surface area contributed by atoms with E-state index in [4.69, 9.17) is 32.7 Å². The number of esters is 2. The van der Waals surface area contributed by atoms with Crippen molar-refractivity contribution in [2.45, 2.75) is 20.0 Å². The van der Waals surface area contributed by atoms with Crippen LogP contribution < -0.4 is 0 Å². The number of ether oxygens (including phenoxy) is 2. The van der Waals surface area contributed by atoms with Gasteiger partial charge in [-0.1, -0.05) is 83.4 Å². The van der Waals surface area contributed by atoms with Crippen LogP contribution in [0.25, 0.3) is 16.7 Å². The third-order valence-electron chi connectivity index (χ3n) is 4.96. The fraction of sp³-hybridized carbons (Fsp3) is 0.120. The van der Waals surface area contributed by atoms with E-state index in [1.54, 1.807) is 24.3 Å². The second-order valence-corrected chi connectivity index (χ2v) is 8.02. The molecule has 156 valence electrons. The lowest BCUT2D eigenvalue weighted by Crippen LogP contribution is -2.07. The molecular weight excluding hydrogens is 435 g/mol. The maximum Gasteiger partial charge on any atom is 0.343 e. The van der Waals surface area contributed by atoms with Crippen molar-refractivity contribution in [2.24, 2.45) is 0 Å². The van der Waals surface area contributed by atoms with Crippen LogP contribution in [0.3, 0.4) is 0 Å². The van der Waals surface area contributed by atoms with Gasteiger partial charge in [0, 0.05) is 33.7 Å². The molecule has 1 aliphatic heterocycles. The minimum Gasteiger partial charge on any atom is -0.445 e. The van der Waals surface area contributed by atoms with Gasteiger partial charge >= 0.3 is 11.9 Å². The summed E-state index contributed by atoms with van der Waals surface area (Å²) in [6, 6.07) is 20.2. The van der Waals surface area contributed by atoms with Crippen molar-refractivity contribution in [3.05, 3.63) is 99.2 Å². The van der Waals surface area contributed by atoms with Gasteiger partial charge in [-0.3, -0.25) is 4.79 Å². The van der Waals surface area contributed by atoms with Gasteiger partial charge in [0.15, 0.2) is 11.9 Å². The molecule has 0 saturated carbocycles. The summed E-state index contributed by atoms with van der Waals surface area (Å²) >= 11 is 13.1. The fourth-order valence-corrected chi connectivity index (χ4v) is 4.02. The molecule has 0 amide bonds. The molecule has 1 atom stereocenters. The Balaban J connectivity index is 1.85. The van der Waals surface area contributed by atoms with Crippen LogP contribution in [-0.2, 0) is 19.1 Å². The molecule has 0 radical (unpaired) electrons. The summed E-state index contributed by atoms with van der Waals surface area (Å²) in [5.74, 6) is -1.10. The molecule has 0 bridgehead atoms. The molecule has 1 aliphatic rings. The van der Waals surface area contributed by atoms with Crippen LogP contribution in [0.4, 0.5) is 0 Å². The first-order chi connectivity index (χ1) is 14.8. The molecule has 3 aromatic carbocycles. The van der Waals surface area contributed by atoms with Crippen molar-refractivity contribution in [1.29, 1.82) is 0 Å². The predicted octanol–water partition coefficient (Wildman–Crippen LogP) is 6.54. The average molecular weight is 453 g/mol. The van der Waals surface area contributed by atoms with Crippen molar-refractivity contribution in [1.82, 2.24) is 0 Å². The van der Waals surface area contributed by atoms with Crippen molar-refractivity contribution < 1.29 is 19.1 Å². The van der Waals surface area contributed by atoms with Crippen LogP contribution in [-0.4, -0.2) is 11.9 Å². The lowest BCUT2D eigenvalue weighted by Gasteiger charge is -2.14. The molecule has 0 N–H and O–H groups in total. The van der Waals surface area contributed by atoms with E-state index in [2.05, 4.69) is 0 Å². The van der Waals surface area contributed by atoms with Gasteiger partial charge in [0.2, 0.25) is 0 Å². The molecular formula is C25H18Cl2O4. The number of rotatable bonds is 4. The lowest BCUT2D eigenvalue weighted by atomic mass is 9.97. The highest BCUT2D eigenvalue weighted by atomic mass is 35.5. The quantitative estimate of drug-likeness (QED) is 0.421. The molecule has 0 spiro atoms. The first-order valence-corrected chi connectivity index (χ1v) is 10.4. The Morgan fingerprint density at radius 1 is 0.935 bits per heavy atom. The maximum absolute atomic E-state index is 12.8. The topological polar surface area (TPSA) is 52.6 Å². The number of cyclic esters (lactones) is 1. The van der Waals surface area contributed by atoms with E-state index in [0.717, 1.165) is 16.7 Å². The maximum atomic E-state index is 12.8. The first kappa shape index (κ1) is 21.2. The Morgan fingerprint density at radius 3 is 2.19 bits per heavy atom. The van der Waals surface area contributed by atoms with Crippen molar-refractivity contribution in [3.8, 4) is 11.1 Å². The summed E-state index contributed by atoms with van der Waals surface area (Å²) in [5, 5.41) is 0.708. The van der Waals surface area contributed by atoms with Crippen LogP contribution in [0.5, 0.6) is 0 Å². The Kier molecular flexibility index (Phi) is 5.86. The van der Waals surface area contributed by atoms with Crippen molar-refractivity contribution in [2.75, 3.05) is 0 Å². The van der Waals surface area contributed by atoms with E-state index in [0.29, 0.717) is 21.2 Å². The van der Waals surface area contributed by atoms with E-state index in [-0.39, 0.29) is 11.3 Å². The SMILES string of the molecule is CC(=O)OC1=C(c2cc(Cl)c(-c3ccc(C)cc3)cc2Cl)C(=O)OC1c1ccccc1. The zero-order chi connectivity index (χ0) is 22.1. The van der Waals surface area contributed by atoms with Gasteiger partial charge in [-0.05, 0) is 24.6 Å². The van der Waals surface area contributed by atoms with Crippen LogP contribution in [0, 0.1) is 6.92 Å². The van der Waals surface area contributed by atoms with E-state index >= 15 is 0 Å². The number of halogens is 2. The standard InChI is InChI=1S/C25H18Cl2O4/c1-14-8-10-16(11-9-14)18-12-21(27)19(13-20(18)26)22-24(30-15(2)28)23(31-25(22)29)17-6-4-3-5-7-17/h3-13,23H,1-2H3. The van der Waals surface area contributed by atoms with Gasteiger partial charge in [0.1, 0.15) is 5.57 Å². The molecule has 1 unspecified atom stereocenters. The molecule has 1 heterocycles. The van der Waals surface area contributed by atoms with Gasteiger partial charge < -0.3 is 9.47 Å². The summed E-state index contributed by atoms with van der Waals surface area (Å²) in [5.41, 5.74) is 3.87. The molecule has 31 heavy (non-hydrogen) atoms. The van der Waals surface area contributed by atoms with Gasteiger partial charge in [0.25, 0.3) is 0 Å². The molecule has 3 aromatic rings. The van der Waals surface area contributed by atoms with Crippen LogP contribution in [0.2, 0.25) is 10.0 Å². The van der Waals surface area contributed by atoms with E-state index in [9.17, 15) is 9.59 Å². The van der Waals surface area contributed by atoms with Crippen molar-refractivity contribution >= 4 is 40.7 Å². The van der Waals surface area contributed by atoms with Crippen molar-refractivity contribution in [3.63, 3.8) is 0 Å². The summed E-state index contributed by atoms with van der Waals surface area (Å²) < 4.78 is 11.0. The van der Waals surface area contributed by atoms with Crippen LogP contribution in [0.1, 0.15) is 29.7 Å². The minimum atomic E-state index is -0.848. The third-order valence-corrected chi connectivity index (χ3v) is 5.58. The predicted molar refractivity (Wildman–Crippen MR) is 121 cm³/mol. The third kappa shape index (κ3) is 4.22. The van der Waals surface area contributed by atoms with Crippen LogP contribution in [0.15, 0.2) is 72.5 Å². The van der Waals surface area contributed by atoms with Gasteiger partial charge in [-0.25, -0.2) is 4.79 Å². The first-order valence-electron chi connectivity index (χ1n) is 9.60. The number of aryl methyl sites for hydroxylation is 1. The minimum absolute atomic E-state index is 0.0893. The number of carbonyl (C=O) groups is 2. The highest BCUT2D eigenvalue weighted by Gasteiger charge is 2.39. The summed E-state index contributed by atoms with van der Waals surface area (Å²) in [4.78, 5) is 24.6. The molecule has 4 rings (SSSR count). The summed E-state index contributed by atoms with van der Waals surface area (Å²) in [6.07, 6.45) is -0.848. The normalized spacial score (nSPS) is 15.7. The average Bonchev–Trinajstić information content (AvgIpc) is 3.06. The Labute approximate surface area is 190 Å². The molecule has 0 fully saturated rings. The molecule has 4 nitrogen and oxygen atoms in total. The second-order valence-electron chi connectivity index (χ2n) is 7.21. The van der Waals surface area contributed by atoms with Gasteiger partial charge in [-0.2, -0.15) is 0 Å². The zero-order valence-corrected chi connectivity index (χ0v) is 18.3. The molecule has 6 heteroatoms. The molecule has 0 saturated heterocycles. The zero-order valence-electron chi connectivity index (χ0n) is 16.8. The number of benzene rings is 3. The monoisotopic (exact) mass is 452 g/mol. The van der Waals surface area contributed by atoms with Gasteiger partial charge in [-0.15, -0.1) is 0 Å². The van der Waals surface area contributed by atoms with Crippen LogP contribution >= 0.6 is 23.2 Å². The number of carbonyl (C=O) groups excluding carboxylic acids is 2. The summed E-state index contributed by atoms with van der Waals surface area (Å²) in [6.45, 7) is 3.27. The second kappa shape index (κ2) is 8.58. The Morgan fingerprint density at radius 2 is 1.55 bits per heavy atom. The van der Waals surface area contributed by atoms with Gasteiger partial charge in [0.05, 0.1) is 0 Å². The fourth-order valence-electron chi connectivity index (χ4n) is 3.49. The lowest BCUT2D eigenvalue weighted by molar-refractivity contribution is -0.143. The highest BCUT2D eigenvalue weighted by molar-refractivity contribution is 6.38. The van der Waals surface area contributed by atoms with E-state index in [1.165, 1.54) is 6.92 Å². The number of hydrogen-bond acceptors (Lipinski definition) is 4. The number of hydrogen-bond donors (Lipinski definition) is 0. The highest BCUT2D eigenvalue weighted by Crippen LogP contribution is 2.44. The Bertz CT molecular complexity index is 1200. The summed E-state index contributed by atoms with van der Waals surface area (Å²) in [7, 11) is 0. The van der Waals surface area contributed by atoms with E-state index < -0.39 is 18.0 Å². The smallest absolute Gasteiger partial charge is 0.343 e. The van der Waals surface area contributed by atoms with E-state index in [1.807, 2.05) is 49.4 Å². The molecule has 0 aromatic heterocycles. The molecule has 0 aliphatic carbocycles.